The third-order valence-electron chi connectivity index (χ3n) is 5.18. The normalized spacial score (nSPS) is 11.3. The lowest BCUT2D eigenvalue weighted by Crippen LogP contribution is -2.28. The molecule has 160 valence electrons. The average molecular weight is 409 g/mol. The third-order valence-corrected chi connectivity index (χ3v) is 5.18. The van der Waals surface area contributed by atoms with Gasteiger partial charge in [0, 0.05) is 24.5 Å². The first-order chi connectivity index (χ1) is 14.7. The highest BCUT2D eigenvalue weighted by molar-refractivity contribution is 6.08. The maximum atomic E-state index is 12.8. The standard InChI is InChI=1S/C24H32N4O2/c1-3-5-14-27(15-6-4-2)16-8-18-30-21-11-9-20(10-12-21)23(29)22-19-26-24-25-13-7-17-28(22)24/h7,9-13,17,19H,3-6,8,14-16,18H2,1-2H3. The van der Waals surface area contributed by atoms with E-state index < -0.39 is 0 Å². The zero-order valence-electron chi connectivity index (χ0n) is 18.1. The van der Waals surface area contributed by atoms with Crippen molar-refractivity contribution in [3.63, 3.8) is 0 Å². The summed E-state index contributed by atoms with van der Waals surface area (Å²) in [5, 5.41) is 0. The monoisotopic (exact) mass is 408 g/mol. The fourth-order valence-electron chi connectivity index (χ4n) is 3.42. The van der Waals surface area contributed by atoms with Gasteiger partial charge in [-0.25, -0.2) is 9.97 Å². The second kappa shape index (κ2) is 11.5. The van der Waals surface area contributed by atoms with Gasteiger partial charge in [-0.15, -0.1) is 0 Å². The second-order valence-electron chi connectivity index (χ2n) is 7.54. The minimum atomic E-state index is -0.0791. The van der Waals surface area contributed by atoms with Crippen LogP contribution in [0.3, 0.4) is 0 Å². The van der Waals surface area contributed by atoms with E-state index in [-0.39, 0.29) is 5.78 Å². The highest BCUT2D eigenvalue weighted by Gasteiger charge is 2.14. The van der Waals surface area contributed by atoms with Crippen LogP contribution >= 0.6 is 0 Å². The Kier molecular flexibility index (Phi) is 8.39. The molecule has 2 heterocycles. The maximum absolute atomic E-state index is 12.8. The van der Waals surface area contributed by atoms with E-state index in [1.165, 1.54) is 38.8 Å². The van der Waals surface area contributed by atoms with Crippen LogP contribution in [0, 0.1) is 0 Å². The molecule has 0 atom stereocenters. The second-order valence-corrected chi connectivity index (χ2v) is 7.54. The summed E-state index contributed by atoms with van der Waals surface area (Å²) in [5.41, 5.74) is 1.12. The minimum Gasteiger partial charge on any atom is -0.494 e. The first-order valence-electron chi connectivity index (χ1n) is 11.0. The Hall–Kier alpha value is -2.73. The number of hydrogen-bond donors (Lipinski definition) is 0. The van der Waals surface area contributed by atoms with Crippen molar-refractivity contribution in [1.29, 1.82) is 0 Å². The smallest absolute Gasteiger partial charge is 0.234 e. The van der Waals surface area contributed by atoms with Gasteiger partial charge in [-0.3, -0.25) is 9.20 Å². The van der Waals surface area contributed by atoms with Gasteiger partial charge in [0.25, 0.3) is 0 Å². The quantitative estimate of drug-likeness (QED) is 0.305. The molecular formula is C24H32N4O2. The van der Waals surface area contributed by atoms with Gasteiger partial charge in [-0.2, -0.15) is 0 Å². The molecule has 1 aromatic carbocycles. The van der Waals surface area contributed by atoms with Crippen molar-refractivity contribution < 1.29 is 9.53 Å². The summed E-state index contributed by atoms with van der Waals surface area (Å²) in [6, 6.07) is 9.12. The Balaban J connectivity index is 1.50. The third kappa shape index (κ3) is 5.89. The average Bonchev–Trinajstić information content (AvgIpc) is 3.22. The van der Waals surface area contributed by atoms with Gasteiger partial charge in [0.2, 0.25) is 11.6 Å². The zero-order chi connectivity index (χ0) is 21.2. The molecule has 0 aliphatic carbocycles. The molecule has 0 bridgehead atoms. The van der Waals surface area contributed by atoms with E-state index in [1.807, 2.05) is 24.3 Å². The molecular weight excluding hydrogens is 376 g/mol. The predicted octanol–water partition coefficient (Wildman–Crippen LogP) is 4.63. The molecule has 0 saturated heterocycles. The van der Waals surface area contributed by atoms with Crippen molar-refractivity contribution in [3.05, 3.63) is 60.2 Å². The lowest BCUT2D eigenvalue weighted by atomic mass is 10.1. The number of hydrogen-bond acceptors (Lipinski definition) is 5. The predicted molar refractivity (Wildman–Crippen MR) is 119 cm³/mol. The number of imidazole rings is 1. The van der Waals surface area contributed by atoms with Crippen molar-refractivity contribution >= 4 is 11.6 Å². The number of ketones is 1. The highest BCUT2D eigenvalue weighted by atomic mass is 16.5. The minimum absolute atomic E-state index is 0.0791. The van der Waals surface area contributed by atoms with E-state index in [0.29, 0.717) is 23.6 Å². The van der Waals surface area contributed by atoms with Crippen LogP contribution in [-0.4, -0.2) is 51.3 Å². The fraction of sp³-hybridized carbons (Fsp3) is 0.458. The van der Waals surface area contributed by atoms with E-state index in [4.69, 9.17) is 4.74 Å². The van der Waals surface area contributed by atoms with Crippen LogP contribution in [-0.2, 0) is 0 Å². The van der Waals surface area contributed by atoms with Crippen LogP contribution in [0.4, 0.5) is 0 Å². The molecule has 0 radical (unpaired) electrons. The molecule has 0 fully saturated rings. The molecule has 0 aliphatic rings. The number of carbonyl (C=O) groups excluding carboxylic acids is 1. The first kappa shape index (κ1) is 22.0. The number of fused-ring (bicyclic) bond motifs is 1. The summed E-state index contributed by atoms with van der Waals surface area (Å²) in [6.07, 6.45) is 11.0. The van der Waals surface area contributed by atoms with Crippen LogP contribution < -0.4 is 4.74 Å². The molecule has 0 N–H and O–H groups in total. The Morgan fingerprint density at radius 1 is 1.00 bits per heavy atom. The Bertz CT molecular complexity index is 912. The Morgan fingerprint density at radius 3 is 2.40 bits per heavy atom. The molecule has 0 saturated carbocycles. The Labute approximate surface area is 178 Å². The van der Waals surface area contributed by atoms with Crippen LogP contribution in [0.5, 0.6) is 5.75 Å². The molecule has 2 aromatic heterocycles. The highest BCUT2D eigenvalue weighted by Crippen LogP contribution is 2.16. The van der Waals surface area contributed by atoms with Gasteiger partial charge in [-0.05, 0) is 62.7 Å². The van der Waals surface area contributed by atoms with E-state index in [1.54, 1.807) is 29.1 Å². The molecule has 0 unspecified atom stereocenters. The summed E-state index contributed by atoms with van der Waals surface area (Å²) in [6.45, 7) is 8.57. The van der Waals surface area contributed by atoms with Crippen LogP contribution in [0.2, 0.25) is 0 Å². The van der Waals surface area contributed by atoms with Crippen molar-refractivity contribution in [2.75, 3.05) is 26.2 Å². The van der Waals surface area contributed by atoms with Gasteiger partial charge in [0.1, 0.15) is 11.4 Å². The lowest BCUT2D eigenvalue weighted by molar-refractivity contribution is 0.103. The van der Waals surface area contributed by atoms with Gasteiger partial charge >= 0.3 is 0 Å². The van der Waals surface area contributed by atoms with Crippen molar-refractivity contribution in [2.24, 2.45) is 0 Å². The van der Waals surface area contributed by atoms with Crippen LogP contribution in [0.25, 0.3) is 5.78 Å². The first-order valence-corrected chi connectivity index (χ1v) is 11.0. The summed E-state index contributed by atoms with van der Waals surface area (Å²) in [7, 11) is 0. The zero-order valence-corrected chi connectivity index (χ0v) is 18.1. The van der Waals surface area contributed by atoms with E-state index in [0.717, 1.165) is 18.7 Å². The molecule has 0 amide bonds. The fourth-order valence-corrected chi connectivity index (χ4v) is 3.42. The number of benzene rings is 1. The van der Waals surface area contributed by atoms with Crippen molar-refractivity contribution in [3.8, 4) is 5.75 Å². The topological polar surface area (TPSA) is 59.7 Å². The number of unbranched alkanes of at least 4 members (excludes halogenated alkanes) is 2. The van der Waals surface area contributed by atoms with E-state index >= 15 is 0 Å². The SMILES string of the molecule is CCCCN(CCCC)CCCOc1ccc(C(=O)c2cnc3ncccn23)cc1. The molecule has 6 heteroatoms. The molecule has 0 spiro atoms. The van der Waals surface area contributed by atoms with Gasteiger partial charge in [-0.1, -0.05) is 26.7 Å². The molecule has 6 nitrogen and oxygen atoms in total. The number of carbonyl (C=O) groups is 1. The summed E-state index contributed by atoms with van der Waals surface area (Å²) in [5.74, 6) is 1.23. The van der Waals surface area contributed by atoms with Crippen LogP contribution in [0.15, 0.2) is 48.9 Å². The van der Waals surface area contributed by atoms with Gasteiger partial charge in [0.15, 0.2) is 0 Å². The van der Waals surface area contributed by atoms with Gasteiger partial charge < -0.3 is 9.64 Å². The van der Waals surface area contributed by atoms with Crippen molar-refractivity contribution in [1.82, 2.24) is 19.3 Å². The van der Waals surface area contributed by atoms with Gasteiger partial charge in [0.05, 0.1) is 12.8 Å². The number of aromatic nitrogens is 3. The lowest BCUT2D eigenvalue weighted by Gasteiger charge is -2.21. The number of nitrogens with zero attached hydrogens (tertiary/aromatic N) is 4. The Morgan fingerprint density at radius 2 is 1.70 bits per heavy atom. The number of rotatable bonds is 13. The van der Waals surface area contributed by atoms with E-state index in [9.17, 15) is 4.79 Å². The molecule has 30 heavy (non-hydrogen) atoms. The molecule has 3 rings (SSSR count). The van der Waals surface area contributed by atoms with Crippen molar-refractivity contribution in [2.45, 2.75) is 46.0 Å². The summed E-state index contributed by atoms with van der Waals surface area (Å²) >= 11 is 0. The maximum Gasteiger partial charge on any atom is 0.234 e. The largest absolute Gasteiger partial charge is 0.494 e. The number of ether oxygens (including phenoxy) is 1. The molecule has 3 aromatic rings. The van der Waals surface area contributed by atoms with E-state index in [2.05, 4.69) is 28.7 Å². The van der Waals surface area contributed by atoms with Crippen LogP contribution in [0.1, 0.15) is 62.0 Å². The summed E-state index contributed by atoms with van der Waals surface area (Å²) < 4.78 is 7.60. The molecule has 0 aliphatic heterocycles. The summed E-state index contributed by atoms with van der Waals surface area (Å²) in [4.78, 5) is 23.7.